The van der Waals surface area contributed by atoms with Gasteiger partial charge in [-0.3, -0.25) is 4.99 Å². The number of aliphatic imine (C=N–C) groups is 1. The molecule has 0 spiro atoms. The van der Waals surface area contributed by atoms with Crippen molar-refractivity contribution < 1.29 is 9.47 Å². The number of likely N-dealkylation sites (tertiary alicyclic amines) is 1. The first kappa shape index (κ1) is 24.4. The highest BCUT2D eigenvalue weighted by molar-refractivity contribution is 14.0. The molecule has 29 heavy (non-hydrogen) atoms. The monoisotopic (exact) mass is 515 g/mol. The maximum absolute atomic E-state index is 6.20. The molecule has 0 radical (unpaired) electrons. The summed E-state index contributed by atoms with van der Waals surface area (Å²) in [5, 5.41) is 3.43. The van der Waals surface area contributed by atoms with Gasteiger partial charge in [0.25, 0.3) is 0 Å². The molecule has 2 fully saturated rings. The lowest BCUT2D eigenvalue weighted by atomic mass is 10.1. The zero-order valence-corrected chi connectivity index (χ0v) is 20.2. The van der Waals surface area contributed by atoms with Gasteiger partial charge in [-0.05, 0) is 44.1 Å². The first-order chi connectivity index (χ1) is 13.8. The highest BCUT2D eigenvalue weighted by Crippen LogP contribution is 2.26. The lowest BCUT2D eigenvalue weighted by Gasteiger charge is -2.34. The fraction of sp³-hybridized carbons (Fsp3) is 0.696. The average molecular weight is 515 g/mol. The minimum atomic E-state index is 0. The lowest BCUT2D eigenvalue weighted by Crippen LogP contribution is -2.47. The number of halogens is 1. The van der Waals surface area contributed by atoms with Crippen LogP contribution in [0, 0.1) is 5.92 Å². The highest BCUT2D eigenvalue weighted by atomic mass is 127. The van der Waals surface area contributed by atoms with E-state index in [2.05, 4.69) is 29.3 Å². The van der Waals surface area contributed by atoms with Gasteiger partial charge < -0.3 is 19.7 Å². The summed E-state index contributed by atoms with van der Waals surface area (Å²) in [5.41, 5.74) is 1.21. The topological polar surface area (TPSA) is 46.1 Å². The number of piperidine rings is 1. The average Bonchev–Trinajstić information content (AvgIpc) is 3.26. The Labute approximate surface area is 193 Å². The zero-order chi connectivity index (χ0) is 19.4. The number of benzene rings is 1. The highest BCUT2D eigenvalue weighted by Gasteiger charge is 2.23. The molecule has 1 aromatic carbocycles. The first-order valence-electron chi connectivity index (χ1n) is 11.1. The van der Waals surface area contributed by atoms with Crippen molar-refractivity contribution in [2.75, 3.05) is 39.4 Å². The van der Waals surface area contributed by atoms with Gasteiger partial charge in [-0.2, -0.15) is 0 Å². The van der Waals surface area contributed by atoms with Crippen LogP contribution in [0.2, 0.25) is 0 Å². The molecule has 1 aliphatic heterocycles. The van der Waals surface area contributed by atoms with Gasteiger partial charge in [-0.25, -0.2) is 0 Å². The number of guanidine groups is 1. The van der Waals surface area contributed by atoms with E-state index in [0.717, 1.165) is 51.0 Å². The summed E-state index contributed by atoms with van der Waals surface area (Å²) in [5.74, 6) is 1.83. The van der Waals surface area contributed by atoms with Crippen LogP contribution in [0.3, 0.4) is 0 Å². The molecule has 2 aliphatic rings. The molecular formula is C23H38IN3O2. The van der Waals surface area contributed by atoms with Gasteiger partial charge in [0.15, 0.2) is 5.96 Å². The van der Waals surface area contributed by atoms with Crippen molar-refractivity contribution in [2.45, 2.75) is 58.2 Å². The SMILES string of the molecule is CCNC(=NCCOCc1ccccc1)N1CCC(OCC2CCCC2)CC1.I. The quantitative estimate of drug-likeness (QED) is 0.228. The van der Waals surface area contributed by atoms with E-state index in [0.29, 0.717) is 25.9 Å². The Morgan fingerprint density at radius 1 is 1.10 bits per heavy atom. The molecule has 1 N–H and O–H groups in total. The van der Waals surface area contributed by atoms with Gasteiger partial charge >= 0.3 is 0 Å². The van der Waals surface area contributed by atoms with E-state index < -0.39 is 0 Å². The minimum Gasteiger partial charge on any atom is -0.378 e. The van der Waals surface area contributed by atoms with Crippen molar-refractivity contribution in [3.05, 3.63) is 35.9 Å². The fourth-order valence-corrected chi connectivity index (χ4v) is 4.09. The zero-order valence-electron chi connectivity index (χ0n) is 17.9. The molecule has 0 unspecified atom stereocenters. The summed E-state index contributed by atoms with van der Waals surface area (Å²) >= 11 is 0. The summed E-state index contributed by atoms with van der Waals surface area (Å²) in [7, 11) is 0. The van der Waals surface area contributed by atoms with E-state index in [-0.39, 0.29) is 24.0 Å². The Hall–Kier alpha value is -0.860. The Bertz CT molecular complexity index is 571. The van der Waals surface area contributed by atoms with Crippen molar-refractivity contribution >= 4 is 29.9 Å². The predicted octanol–water partition coefficient (Wildman–Crippen LogP) is 4.46. The Balaban J connectivity index is 0.00000300. The number of hydrogen-bond donors (Lipinski definition) is 1. The number of ether oxygens (including phenoxy) is 2. The second-order valence-corrected chi connectivity index (χ2v) is 7.94. The van der Waals surface area contributed by atoms with Crippen molar-refractivity contribution in [1.82, 2.24) is 10.2 Å². The van der Waals surface area contributed by atoms with Gasteiger partial charge in [-0.15, -0.1) is 24.0 Å². The molecular weight excluding hydrogens is 477 g/mol. The van der Waals surface area contributed by atoms with Crippen LogP contribution >= 0.6 is 24.0 Å². The molecule has 0 bridgehead atoms. The fourth-order valence-electron chi connectivity index (χ4n) is 4.09. The minimum absolute atomic E-state index is 0. The predicted molar refractivity (Wildman–Crippen MR) is 130 cm³/mol. The maximum Gasteiger partial charge on any atom is 0.193 e. The smallest absolute Gasteiger partial charge is 0.193 e. The number of nitrogens with zero attached hydrogens (tertiary/aromatic N) is 2. The molecule has 1 saturated heterocycles. The van der Waals surface area contributed by atoms with Crippen LogP contribution in [0.15, 0.2) is 35.3 Å². The molecule has 0 aromatic heterocycles. The van der Waals surface area contributed by atoms with Crippen LogP contribution in [0.5, 0.6) is 0 Å². The van der Waals surface area contributed by atoms with Crippen molar-refractivity contribution in [3.8, 4) is 0 Å². The van der Waals surface area contributed by atoms with E-state index >= 15 is 0 Å². The molecule has 1 aliphatic carbocycles. The summed E-state index contributed by atoms with van der Waals surface area (Å²) in [4.78, 5) is 7.14. The molecule has 0 atom stereocenters. The maximum atomic E-state index is 6.20. The Morgan fingerprint density at radius 2 is 1.83 bits per heavy atom. The normalized spacial score (nSPS) is 18.7. The molecule has 164 valence electrons. The molecule has 1 aromatic rings. The molecule has 5 nitrogen and oxygen atoms in total. The van der Waals surface area contributed by atoms with E-state index in [1.807, 2.05) is 18.2 Å². The number of hydrogen-bond acceptors (Lipinski definition) is 3. The van der Waals surface area contributed by atoms with Crippen molar-refractivity contribution in [3.63, 3.8) is 0 Å². The van der Waals surface area contributed by atoms with Gasteiger partial charge in [-0.1, -0.05) is 43.2 Å². The van der Waals surface area contributed by atoms with Crippen LogP contribution in [0.1, 0.15) is 51.0 Å². The van der Waals surface area contributed by atoms with Crippen molar-refractivity contribution in [1.29, 1.82) is 0 Å². The molecule has 1 saturated carbocycles. The van der Waals surface area contributed by atoms with E-state index in [1.54, 1.807) is 0 Å². The van der Waals surface area contributed by atoms with E-state index in [9.17, 15) is 0 Å². The summed E-state index contributed by atoms with van der Waals surface area (Å²) in [6, 6.07) is 10.3. The summed E-state index contributed by atoms with van der Waals surface area (Å²) < 4.78 is 12.0. The Kier molecular flexibility index (Phi) is 12.0. The Morgan fingerprint density at radius 3 is 2.52 bits per heavy atom. The van der Waals surface area contributed by atoms with Gasteiger partial charge in [0, 0.05) is 26.2 Å². The second-order valence-electron chi connectivity index (χ2n) is 7.94. The molecule has 0 amide bonds. The van der Waals surface area contributed by atoms with Crippen LogP contribution in [-0.4, -0.2) is 56.4 Å². The van der Waals surface area contributed by atoms with Crippen LogP contribution < -0.4 is 5.32 Å². The number of rotatable bonds is 9. The largest absolute Gasteiger partial charge is 0.378 e. The van der Waals surface area contributed by atoms with E-state index in [1.165, 1.54) is 31.2 Å². The first-order valence-corrected chi connectivity index (χ1v) is 11.1. The lowest BCUT2D eigenvalue weighted by molar-refractivity contribution is 0.000990. The molecule has 6 heteroatoms. The molecule has 1 heterocycles. The summed E-state index contributed by atoms with van der Waals surface area (Å²) in [6.45, 7) is 8.00. The van der Waals surface area contributed by atoms with Gasteiger partial charge in [0.05, 0.1) is 25.9 Å². The third-order valence-corrected chi connectivity index (χ3v) is 5.73. The summed E-state index contributed by atoms with van der Waals surface area (Å²) in [6.07, 6.45) is 8.14. The standard InChI is InChI=1S/C23H37N3O2.HI/c1-2-24-23(25-14-17-27-18-20-8-4-3-5-9-20)26-15-12-22(13-16-26)28-19-21-10-6-7-11-21;/h3-5,8-9,21-22H,2,6-7,10-19H2,1H3,(H,24,25);1H. The van der Waals surface area contributed by atoms with Gasteiger partial charge in [0.2, 0.25) is 0 Å². The third kappa shape index (κ3) is 8.80. The third-order valence-electron chi connectivity index (χ3n) is 5.73. The molecule has 3 rings (SSSR count). The van der Waals surface area contributed by atoms with Crippen LogP contribution in [0.25, 0.3) is 0 Å². The second kappa shape index (κ2) is 14.2. The van der Waals surface area contributed by atoms with Crippen LogP contribution in [-0.2, 0) is 16.1 Å². The van der Waals surface area contributed by atoms with Crippen LogP contribution in [0.4, 0.5) is 0 Å². The van der Waals surface area contributed by atoms with Gasteiger partial charge in [0.1, 0.15) is 0 Å². The van der Waals surface area contributed by atoms with Crippen molar-refractivity contribution in [2.24, 2.45) is 10.9 Å². The van der Waals surface area contributed by atoms with E-state index in [4.69, 9.17) is 14.5 Å². The number of nitrogens with one attached hydrogen (secondary N) is 1.